The van der Waals surface area contributed by atoms with E-state index in [1.54, 1.807) is 49.4 Å². The number of rotatable bonds is 5. The first-order chi connectivity index (χ1) is 15.4. The van der Waals surface area contributed by atoms with Gasteiger partial charge in [0, 0.05) is 0 Å². The molecule has 0 aliphatic carbocycles. The van der Waals surface area contributed by atoms with E-state index >= 15 is 0 Å². The summed E-state index contributed by atoms with van der Waals surface area (Å²) in [5.74, 6) is -0.274. The van der Waals surface area contributed by atoms with Crippen LogP contribution in [0.3, 0.4) is 0 Å². The Morgan fingerprint density at radius 1 is 1.00 bits per heavy atom. The SMILES string of the molecule is COc1cccc(OC)c1C(=O)Nc1cc(-n2c(C)nc3ccccc3c2=O)ccc1F. The molecule has 0 aliphatic rings. The second-order valence-corrected chi connectivity index (χ2v) is 6.97. The molecule has 0 saturated carbocycles. The van der Waals surface area contributed by atoms with Gasteiger partial charge in [-0.3, -0.25) is 14.2 Å². The van der Waals surface area contributed by atoms with Gasteiger partial charge in [-0.2, -0.15) is 0 Å². The zero-order chi connectivity index (χ0) is 22.8. The summed E-state index contributed by atoms with van der Waals surface area (Å²) >= 11 is 0. The molecule has 0 spiro atoms. The first-order valence-electron chi connectivity index (χ1n) is 9.75. The van der Waals surface area contributed by atoms with E-state index in [0.29, 0.717) is 22.4 Å². The molecule has 3 aromatic carbocycles. The number of methoxy groups -OCH3 is 2. The van der Waals surface area contributed by atoms with Crippen molar-refractivity contribution in [2.45, 2.75) is 6.92 Å². The summed E-state index contributed by atoms with van der Waals surface area (Å²) < 4.78 is 26.5. The van der Waals surface area contributed by atoms with Crippen molar-refractivity contribution in [3.63, 3.8) is 0 Å². The number of aromatic nitrogens is 2. The third-order valence-corrected chi connectivity index (χ3v) is 5.05. The molecule has 32 heavy (non-hydrogen) atoms. The van der Waals surface area contributed by atoms with Gasteiger partial charge in [-0.15, -0.1) is 0 Å². The Morgan fingerprint density at radius 2 is 1.69 bits per heavy atom. The Bertz CT molecular complexity index is 1380. The summed E-state index contributed by atoms with van der Waals surface area (Å²) in [5, 5.41) is 2.99. The average Bonchev–Trinajstić information content (AvgIpc) is 2.80. The number of nitrogens with one attached hydrogen (secondary N) is 1. The number of halogens is 1. The van der Waals surface area contributed by atoms with E-state index in [-0.39, 0.29) is 28.3 Å². The minimum atomic E-state index is -0.657. The highest BCUT2D eigenvalue weighted by atomic mass is 19.1. The van der Waals surface area contributed by atoms with Crippen molar-refractivity contribution in [3.8, 4) is 17.2 Å². The van der Waals surface area contributed by atoms with Crippen molar-refractivity contribution in [2.24, 2.45) is 0 Å². The second kappa shape index (κ2) is 8.50. The van der Waals surface area contributed by atoms with Gasteiger partial charge in [-0.25, -0.2) is 9.37 Å². The van der Waals surface area contributed by atoms with Crippen LogP contribution in [-0.4, -0.2) is 29.7 Å². The number of carbonyl (C=O) groups is 1. The summed E-state index contributed by atoms with van der Waals surface area (Å²) in [6.07, 6.45) is 0. The third kappa shape index (κ3) is 3.66. The zero-order valence-corrected chi connectivity index (χ0v) is 17.7. The number of fused-ring (bicyclic) bond motifs is 1. The molecular formula is C24H20FN3O4. The van der Waals surface area contributed by atoms with E-state index in [0.717, 1.165) is 0 Å². The van der Waals surface area contributed by atoms with Gasteiger partial charge < -0.3 is 14.8 Å². The van der Waals surface area contributed by atoms with Crippen LogP contribution in [0.5, 0.6) is 11.5 Å². The molecule has 1 heterocycles. The number of hydrogen-bond acceptors (Lipinski definition) is 5. The van der Waals surface area contributed by atoms with Gasteiger partial charge in [0.1, 0.15) is 28.7 Å². The predicted octanol–water partition coefficient (Wildman–Crippen LogP) is 4.10. The van der Waals surface area contributed by atoms with Gasteiger partial charge in [-0.05, 0) is 49.4 Å². The Kier molecular flexibility index (Phi) is 5.59. The van der Waals surface area contributed by atoms with Crippen LogP contribution in [0, 0.1) is 12.7 Å². The summed E-state index contributed by atoms with van der Waals surface area (Å²) in [7, 11) is 2.85. The monoisotopic (exact) mass is 433 g/mol. The summed E-state index contributed by atoms with van der Waals surface area (Å²) in [5.41, 5.74) is 0.686. The molecule has 4 rings (SSSR count). The van der Waals surface area contributed by atoms with E-state index in [1.165, 1.54) is 37.0 Å². The van der Waals surface area contributed by atoms with Crippen LogP contribution in [0.4, 0.5) is 10.1 Å². The Hall–Kier alpha value is -4.20. The molecule has 0 radical (unpaired) electrons. The van der Waals surface area contributed by atoms with Crippen LogP contribution in [0.1, 0.15) is 16.2 Å². The molecular weight excluding hydrogens is 413 g/mol. The number of benzene rings is 3. The fourth-order valence-electron chi connectivity index (χ4n) is 3.56. The van der Waals surface area contributed by atoms with E-state index < -0.39 is 11.7 Å². The highest BCUT2D eigenvalue weighted by molar-refractivity contribution is 6.08. The molecule has 8 heteroatoms. The largest absolute Gasteiger partial charge is 0.496 e. The Morgan fingerprint density at radius 3 is 2.38 bits per heavy atom. The first kappa shape index (κ1) is 21.0. The molecule has 1 aromatic heterocycles. The molecule has 1 N–H and O–H groups in total. The number of hydrogen-bond donors (Lipinski definition) is 1. The lowest BCUT2D eigenvalue weighted by Gasteiger charge is -2.15. The lowest BCUT2D eigenvalue weighted by Crippen LogP contribution is -2.22. The van der Waals surface area contributed by atoms with Gasteiger partial charge in [0.25, 0.3) is 11.5 Å². The Balaban J connectivity index is 1.78. The fraction of sp³-hybridized carbons (Fsp3) is 0.125. The molecule has 7 nitrogen and oxygen atoms in total. The maximum atomic E-state index is 14.6. The van der Waals surface area contributed by atoms with E-state index in [4.69, 9.17) is 9.47 Å². The molecule has 0 saturated heterocycles. The normalized spacial score (nSPS) is 10.8. The van der Waals surface area contributed by atoms with E-state index in [2.05, 4.69) is 10.3 Å². The van der Waals surface area contributed by atoms with Crippen LogP contribution < -0.4 is 20.3 Å². The van der Waals surface area contributed by atoms with Gasteiger partial charge >= 0.3 is 0 Å². The van der Waals surface area contributed by atoms with Gasteiger partial charge in [0.05, 0.1) is 36.5 Å². The van der Waals surface area contributed by atoms with Crippen molar-refractivity contribution in [1.82, 2.24) is 9.55 Å². The van der Waals surface area contributed by atoms with Crippen molar-refractivity contribution in [3.05, 3.63) is 88.2 Å². The number of ether oxygens (including phenoxy) is 2. The highest BCUT2D eigenvalue weighted by Gasteiger charge is 2.20. The molecule has 0 unspecified atom stereocenters. The lowest BCUT2D eigenvalue weighted by molar-refractivity contribution is 0.102. The predicted molar refractivity (Wildman–Crippen MR) is 120 cm³/mol. The van der Waals surface area contributed by atoms with Crippen molar-refractivity contribution >= 4 is 22.5 Å². The second-order valence-electron chi connectivity index (χ2n) is 6.97. The van der Waals surface area contributed by atoms with Crippen LogP contribution in [0.2, 0.25) is 0 Å². The molecule has 0 fully saturated rings. The smallest absolute Gasteiger partial charge is 0.265 e. The topological polar surface area (TPSA) is 82.4 Å². The highest BCUT2D eigenvalue weighted by Crippen LogP contribution is 2.30. The summed E-state index contributed by atoms with van der Waals surface area (Å²) in [6.45, 7) is 1.69. The summed E-state index contributed by atoms with van der Waals surface area (Å²) in [4.78, 5) is 30.5. The van der Waals surface area contributed by atoms with Crippen molar-refractivity contribution in [1.29, 1.82) is 0 Å². The number of amides is 1. The fourth-order valence-corrected chi connectivity index (χ4v) is 3.56. The summed E-state index contributed by atoms with van der Waals surface area (Å²) in [6, 6.07) is 15.9. The molecule has 1 amide bonds. The third-order valence-electron chi connectivity index (χ3n) is 5.05. The van der Waals surface area contributed by atoms with Gasteiger partial charge in [0.2, 0.25) is 0 Å². The van der Waals surface area contributed by atoms with Crippen LogP contribution in [0.25, 0.3) is 16.6 Å². The van der Waals surface area contributed by atoms with Crippen LogP contribution >= 0.6 is 0 Å². The van der Waals surface area contributed by atoms with Gasteiger partial charge in [0.15, 0.2) is 0 Å². The maximum Gasteiger partial charge on any atom is 0.265 e. The van der Waals surface area contributed by atoms with E-state index in [9.17, 15) is 14.0 Å². The van der Waals surface area contributed by atoms with E-state index in [1.807, 2.05) is 0 Å². The molecule has 4 aromatic rings. The molecule has 0 bridgehead atoms. The van der Waals surface area contributed by atoms with Crippen molar-refractivity contribution < 1.29 is 18.7 Å². The molecule has 0 atom stereocenters. The quantitative estimate of drug-likeness (QED) is 0.512. The van der Waals surface area contributed by atoms with Crippen LogP contribution in [-0.2, 0) is 0 Å². The standard InChI is InChI=1S/C24H20FN3O4/c1-14-26-18-8-5-4-7-16(18)24(30)28(14)15-11-12-17(25)19(13-15)27-23(29)22-20(31-2)9-6-10-21(22)32-3/h4-13H,1-3H3,(H,27,29). The number of carbonyl (C=O) groups excluding carboxylic acids is 1. The molecule has 0 aliphatic heterocycles. The number of nitrogens with zero attached hydrogens (tertiary/aromatic N) is 2. The lowest BCUT2D eigenvalue weighted by atomic mass is 10.1. The maximum absolute atomic E-state index is 14.6. The minimum Gasteiger partial charge on any atom is -0.496 e. The molecule has 162 valence electrons. The van der Waals surface area contributed by atoms with Crippen molar-refractivity contribution in [2.75, 3.05) is 19.5 Å². The number of anilines is 1. The minimum absolute atomic E-state index is 0.0973. The average molecular weight is 433 g/mol. The number of aryl methyl sites for hydroxylation is 1. The van der Waals surface area contributed by atoms with Gasteiger partial charge in [-0.1, -0.05) is 18.2 Å². The Labute approximate surface area is 183 Å². The number of para-hydroxylation sites is 1. The zero-order valence-electron chi connectivity index (χ0n) is 17.7. The first-order valence-corrected chi connectivity index (χ1v) is 9.75. The van der Waals surface area contributed by atoms with Crippen LogP contribution in [0.15, 0.2) is 65.5 Å².